The summed E-state index contributed by atoms with van der Waals surface area (Å²) in [5.41, 5.74) is 4.90. The summed E-state index contributed by atoms with van der Waals surface area (Å²) in [5, 5.41) is 0.957. The van der Waals surface area contributed by atoms with E-state index in [1.807, 2.05) is 41.9 Å². The molecule has 0 unspecified atom stereocenters. The summed E-state index contributed by atoms with van der Waals surface area (Å²) in [6, 6.07) is 12.2. The molecule has 1 saturated heterocycles. The number of nitrogens with zero attached hydrogens (tertiary/aromatic N) is 3. The Labute approximate surface area is 176 Å². The molecular formula is C25H27N3O2. The molecule has 4 heterocycles. The molecule has 0 amide bonds. The maximum Gasteiger partial charge on any atom is 0.344 e. The highest BCUT2D eigenvalue weighted by Crippen LogP contribution is 2.31. The molecule has 1 aromatic carbocycles. The van der Waals surface area contributed by atoms with Crippen LogP contribution in [0.3, 0.4) is 0 Å². The van der Waals surface area contributed by atoms with Gasteiger partial charge in [-0.2, -0.15) is 0 Å². The van der Waals surface area contributed by atoms with Gasteiger partial charge in [-0.1, -0.05) is 19.1 Å². The number of pyridine rings is 1. The van der Waals surface area contributed by atoms with Crippen molar-refractivity contribution in [2.45, 2.75) is 39.0 Å². The molecule has 5 heteroatoms. The minimum atomic E-state index is -0.298. The molecule has 0 radical (unpaired) electrons. The van der Waals surface area contributed by atoms with Gasteiger partial charge in [0.2, 0.25) is 0 Å². The molecule has 0 saturated carbocycles. The van der Waals surface area contributed by atoms with Gasteiger partial charge in [0.25, 0.3) is 0 Å². The van der Waals surface area contributed by atoms with Crippen LogP contribution in [0.1, 0.15) is 43.4 Å². The quantitative estimate of drug-likeness (QED) is 0.451. The van der Waals surface area contributed by atoms with Gasteiger partial charge in [-0.3, -0.25) is 0 Å². The number of aryl methyl sites for hydroxylation is 1. The van der Waals surface area contributed by atoms with Crippen LogP contribution >= 0.6 is 0 Å². The lowest BCUT2D eigenvalue weighted by molar-refractivity contribution is 0.213. The molecule has 0 bridgehead atoms. The highest BCUT2D eigenvalue weighted by Gasteiger charge is 2.20. The number of imidazole rings is 1. The predicted molar refractivity (Wildman–Crippen MR) is 120 cm³/mol. The summed E-state index contributed by atoms with van der Waals surface area (Å²) in [6.45, 7) is 7.68. The number of aromatic nitrogens is 2. The van der Waals surface area contributed by atoms with E-state index in [4.69, 9.17) is 4.42 Å². The van der Waals surface area contributed by atoms with Gasteiger partial charge in [-0.25, -0.2) is 9.78 Å². The lowest BCUT2D eigenvalue weighted by atomic mass is 9.89. The largest absolute Gasteiger partial charge is 0.422 e. The zero-order chi connectivity index (χ0) is 20.7. The second kappa shape index (κ2) is 7.73. The summed E-state index contributed by atoms with van der Waals surface area (Å²) in [7, 11) is 0. The molecule has 1 fully saturated rings. The molecule has 1 aliphatic heterocycles. The van der Waals surface area contributed by atoms with E-state index >= 15 is 0 Å². The maximum absolute atomic E-state index is 12.8. The number of likely N-dealkylation sites (tertiary alicyclic amines) is 1. The normalized spacial score (nSPS) is 15.9. The van der Waals surface area contributed by atoms with Gasteiger partial charge in [-0.05, 0) is 81.6 Å². The Bertz CT molecular complexity index is 1260. The first-order valence-electron chi connectivity index (χ1n) is 10.9. The van der Waals surface area contributed by atoms with Crippen LogP contribution < -0.4 is 5.63 Å². The fraction of sp³-hybridized carbons (Fsp3) is 0.360. The molecular weight excluding hydrogens is 374 g/mol. The van der Waals surface area contributed by atoms with Gasteiger partial charge < -0.3 is 13.7 Å². The number of piperidine rings is 1. The molecule has 5 rings (SSSR count). The van der Waals surface area contributed by atoms with Gasteiger partial charge in [-0.15, -0.1) is 0 Å². The smallest absolute Gasteiger partial charge is 0.344 e. The van der Waals surface area contributed by atoms with E-state index in [1.165, 1.54) is 18.5 Å². The van der Waals surface area contributed by atoms with Crippen LogP contribution in [0.15, 0.2) is 58.0 Å². The average molecular weight is 402 g/mol. The summed E-state index contributed by atoms with van der Waals surface area (Å²) in [5.74, 6) is 0.541. The van der Waals surface area contributed by atoms with Crippen LogP contribution in [-0.2, 0) is 0 Å². The van der Waals surface area contributed by atoms with E-state index in [9.17, 15) is 4.79 Å². The van der Waals surface area contributed by atoms with Crippen molar-refractivity contribution in [2.75, 3.05) is 19.6 Å². The van der Waals surface area contributed by atoms with Crippen LogP contribution in [0.25, 0.3) is 27.7 Å². The molecule has 3 aromatic heterocycles. The first-order valence-corrected chi connectivity index (χ1v) is 10.9. The molecule has 30 heavy (non-hydrogen) atoms. The van der Waals surface area contributed by atoms with Crippen molar-refractivity contribution in [3.8, 4) is 11.1 Å². The zero-order valence-corrected chi connectivity index (χ0v) is 17.6. The first kappa shape index (κ1) is 19.1. The monoisotopic (exact) mass is 401 g/mol. The summed E-state index contributed by atoms with van der Waals surface area (Å²) < 4.78 is 7.71. The zero-order valence-electron chi connectivity index (χ0n) is 17.6. The molecule has 4 aromatic rings. The highest BCUT2D eigenvalue weighted by molar-refractivity contribution is 5.82. The molecule has 1 aliphatic rings. The van der Waals surface area contributed by atoms with Crippen LogP contribution in [0, 0.1) is 6.92 Å². The van der Waals surface area contributed by atoms with E-state index in [0.29, 0.717) is 17.1 Å². The topological polar surface area (TPSA) is 50.8 Å². The van der Waals surface area contributed by atoms with Crippen molar-refractivity contribution >= 4 is 16.6 Å². The van der Waals surface area contributed by atoms with Crippen LogP contribution in [-0.4, -0.2) is 33.9 Å². The van der Waals surface area contributed by atoms with E-state index in [0.717, 1.165) is 48.2 Å². The molecule has 0 spiro atoms. The minimum Gasteiger partial charge on any atom is -0.422 e. The predicted octanol–water partition coefficient (Wildman–Crippen LogP) is 5.01. The van der Waals surface area contributed by atoms with Gasteiger partial charge in [0, 0.05) is 23.3 Å². The van der Waals surface area contributed by atoms with Gasteiger partial charge >= 0.3 is 5.63 Å². The van der Waals surface area contributed by atoms with Crippen molar-refractivity contribution in [2.24, 2.45) is 0 Å². The van der Waals surface area contributed by atoms with Crippen molar-refractivity contribution < 1.29 is 4.42 Å². The standard InChI is InChI=1S/C25H27N3O2/c1-3-10-27-11-8-18(9-12-27)19-4-5-20-13-22(25(29)30-23(20)14-19)21-6-7-24-26-17(2)15-28(24)16-21/h4-7,13-16,18H,3,8-12H2,1-2H3. The second-order valence-electron chi connectivity index (χ2n) is 8.43. The lowest BCUT2D eigenvalue weighted by Crippen LogP contribution is -2.33. The minimum absolute atomic E-state index is 0.298. The summed E-state index contributed by atoms with van der Waals surface area (Å²) in [6.07, 6.45) is 7.43. The molecule has 5 nitrogen and oxygen atoms in total. The molecule has 0 atom stereocenters. The third-order valence-corrected chi connectivity index (χ3v) is 6.24. The third kappa shape index (κ3) is 3.54. The fourth-order valence-corrected chi connectivity index (χ4v) is 4.67. The third-order valence-electron chi connectivity index (χ3n) is 6.24. The van der Waals surface area contributed by atoms with E-state index in [2.05, 4.69) is 35.0 Å². The van der Waals surface area contributed by atoms with Crippen molar-refractivity contribution in [1.29, 1.82) is 0 Å². The van der Waals surface area contributed by atoms with Gasteiger partial charge in [0.05, 0.1) is 11.3 Å². The first-order chi connectivity index (χ1) is 14.6. The second-order valence-corrected chi connectivity index (χ2v) is 8.43. The van der Waals surface area contributed by atoms with E-state index in [-0.39, 0.29) is 5.63 Å². The Hall–Kier alpha value is -2.92. The van der Waals surface area contributed by atoms with Crippen LogP contribution in [0.5, 0.6) is 0 Å². The Morgan fingerprint density at radius 1 is 1.10 bits per heavy atom. The number of benzene rings is 1. The lowest BCUT2D eigenvalue weighted by Gasteiger charge is -2.31. The fourth-order valence-electron chi connectivity index (χ4n) is 4.67. The summed E-state index contributed by atoms with van der Waals surface area (Å²) >= 11 is 0. The number of hydrogen-bond donors (Lipinski definition) is 0. The number of rotatable bonds is 4. The number of hydrogen-bond acceptors (Lipinski definition) is 4. The highest BCUT2D eigenvalue weighted by atomic mass is 16.4. The van der Waals surface area contributed by atoms with E-state index in [1.54, 1.807) is 0 Å². The average Bonchev–Trinajstić information content (AvgIpc) is 3.13. The van der Waals surface area contributed by atoms with Gasteiger partial charge in [0.1, 0.15) is 11.2 Å². The Morgan fingerprint density at radius 2 is 1.93 bits per heavy atom. The molecule has 0 aliphatic carbocycles. The van der Waals surface area contributed by atoms with Crippen LogP contribution in [0.4, 0.5) is 0 Å². The Balaban J connectivity index is 1.46. The van der Waals surface area contributed by atoms with Gasteiger partial charge in [0.15, 0.2) is 0 Å². The Kier molecular flexibility index (Phi) is 4.91. The van der Waals surface area contributed by atoms with Crippen molar-refractivity contribution in [1.82, 2.24) is 14.3 Å². The van der Waals surface area contributed by atoms with Crippen molar-refractivity contribution in [3.63, 3.8) is 0 Å². The molecule has 154 valence electrons. The Morgan fingerprint density at radius 3 is 2.73 bits per heavy atom. The van der Waals surface area contributed by atoms with Crippen LogP contribution in [0.2, 0.25) is 0 Å². The number of fused-ring (bicyclic) bond motifs is 2. The molecule has 0 N–H and O–H groups in total. The SMILES string of the molecule is CCCN1CCC(c2ccc3cc(-c4ccc5nc(C)cn5c4)c(=O)oc3c2)CC1. The summed E-state index contributed by atoms with van der Waals surface area (Å²) in [4.78, 5) is 19.8. The maximum atomic E-state index is 12.8. The van der Waals surface area contributed by atoms with E-state index < -0.39 is 0 Å². The van der Waals surface area contributed by atoms with Crippen molar-refractivity contribution in [3.05, 3.63) is 70.5 Å².